The second kappa shape index (κ2) is 5.96. The van der Waals surface area contributed by atoms with Crippen molar-refractivity contribution in [1.29, 1.82) is 0 Å². The van der Waals surface area contributed by atoms with Gasteiger partial charge < -0.3 is 5.11 Å². The number of hydrogen-bond donors (Lipinski definition) is 1. The van der Waals surface area contributed by atoms with Crippen molar-refractivity contribution in [3.63, 3.8) is 0 Å². The predicted octanol–water partition coefficient (Wildman–Crippen LogP) is 2.05. The van der Waals surface area contributed by atoms with Crippen LogP contribution in [0.25, 0.3) is 33.9 Å². The molecule has 0 saturated carbocycles. The molecule has 0 aliphatic heterocycles. The van der Waals surface area contributed by atoms with Crippen molar-refractivity contribution in [3.05, 3.63) is 81.6 Å². The molecule has 3 heterocycles. The maximum atomic E-state index is 12.9. The third-order valence-electron chi connectivity index (χ3n) is 5.12. The summed E-state index contributed by atoms with van der Waals surface area (Å²) >= 11 is 0. The number of nitrogens with zero attached hydrogens (tertiary/aromatic N) is 5. The standard InChI is InChI=1S/C21H17N5O3/c1-23-18-17(19(28)24(2)21(23)29)25-12-16(13-7-4-3-5-8-13)26(20(25)22-18)14-9-6-10-15(27)11-14/h3-12,27H,1-2H3. The fourth-order valence-electron chi connectivity index (χ4n) is 3.67. The minimum Gasteiger partial charge on any atom is -0.508 e. The van der Waals surface area contributed by atoms with Crippen LogP contribution in [0.1, 0.15) is 0 Å². The van der Waals surface area contributed by atoms with Crippen LogP contribution in [0, 0.1) is 0 Å². The summed E-state index contributed by atoms with van der Waals surface area (Å²) in [6, 6.07) is 16.5. The number of imidazole rings is 2. The van der Waals surface area contributed by atoms with E-state index in [-0.39, 0.29) is 5.75 Å². The number of benzene rings is 2. The summed E-state index contributed by atoms with van der Waals surface area (Å²) in [4.78, 5) is 29.8. The van der Waals surface area contributed by atoms with Gasteiger partial charge in [0.1, 0.15) is 5.75 Å². The van der Waals surface area contributed by atoms with E-state index < -0.39 is 11.2 Å². The molecule has 144 valence electrons. The van der Waals surface area contributed by atoms with Crippen LogP contribution >= 0.6 is 0 Å². The molecule has 0 unspecified atom stereocenters. The van der Waals surface area contributed by atoms with E-state index in [2.05, 4.69) is 4.98 Å². The Balaban J connectivity index is 1.99. The summed E-state index contributed by atoms with van der Waals surface area (Å²) in [5, 5.41) is 10.0. The first-order chi connectivity index (χ1) is 14.0. The highest BCUT2D eigenvalue weighted by atomic mass is 16.3. The zero-order chi connectivity index (χ0) is 20.3. The molecule has 0 spiro atoms. The lowest BCUT2D eigenvalue weighted by atomic mass is 10.1. The molecule has 29 heavy (non-hydrogen) atoms. The van der Waals surface area contributed by atoms with Crippen LogP contribution in [0.3, 0.4) is 0 Å². The molecule has 8 nitrogen and oxygen atoms in total. The van der Waals surface area contributed by atoms with Gasteiger partial charge >= 0.3 is 5.69 Å². The Hall–Kier alpha value is -4.07. The van der Waals surface area contributed by atoms with Gasteiger partial charge in [0.15, 0.2) is 11.2 Å². The molecular weight excluding hydrogens is 370 g/mol. The third-order valence-corrected chi connectivity index (χ3v) is 5.12. The van der Waals surface area contributed by atoms with Crippen LogP contribution in [0.4, 0.5) is 0 Å². The molecule has 1 N–H and O–H groups in total. The molecule has 8 heteroatoms. The lowest BCUT2D eigenvalue weighted by Gasteiger charge is -2.09. The van der Waals surface area contributed by atoms with Gasteiger partial charge in [0.2, 0.25) is 5.78 Å². The molecule has 0 atom stereocenters. The quantitative estimate of drug-likeness (QED) is 0.502. The molecule has 0 bridgehead atoms. The van der Waals surface area contributed by atoms with Crippen LogP contribution in [-0.2, 0) is 14.1 Å². The first kappa shape index (κ1) is 17.1. The van der Waals surface area contributed by atoms with Crippen molar-refractivity contribution in [2.75, 3.05) is 0 Å². The average Bonchev–Trinajstić information content (AvgIpc) is 3.27. The highest BCUT2D eigenvalue weighted by Gasteiger charge is 2.21. The van der Waals surface area contributed by atoms with Crippen LogP contribution < -0.4 is 11.2 Å². The Morgan fingerprint density at radius 3 is 2.41 bits per heavy atom. The first-order valence-electron chi connectivity index (χ1n) is 9.01. The molecule has 0 aliphatic carbocycles. The van der Waals surface area contributed by atoms with E-state index in [1.54, 1.807) is 29.6 Å². The summed E-state index contributed by atoms with van der Waals surface area (Å²) in [5.41, 5.74) is 2.20. The molecular formula is C21H17N5O3. The van der Waals surface area contributed by atoms with Crippen LogP contribution in [0.2, 0.25) is 0 Å². The summed E-state index contributed by atoms with van der Waals surface area (Å²) in [5.74, 6) is 0.593. The SMILES string of the molecule is Cn1c(=O)c2c(nc3n(-c4cccc(O)c4)c(-c4ccccc4)cn23)n(C)c1=O. The van der Waals surface area contributed by atoms with Gasteiger partial charge in [-0.1, -0.05) is 36.4 Å². The maximum Gasteiger partial charge on any atom is 0.332 e. The predicted molar refractivity (Wildman–Crippen MR) is 110 cm³/mol. The summed E-state index contributed by atoms with van der Waals surface area (Å²) in [6.45, 7) is 0. The van der Waals surface area contributed by atoms with E-state index in [1.165, 1.54) is 11.6 Å². The molecule has 0 aliphatic rings. The second-order valence-electron chi connectivity index (χ2n) is 6.90. The van der Waals surface area contributed by atoms with E-state index in [9.17, 15) is 14.7 Å². The van der Waals surface area contributed by atoms with Crippen LogP contribution in [0.5, 0.6) is 5.75 Å². The lowest BCUT2D eigenvalue weighted by molar-refractivity contribution is 0.475. The number of hydrogen-bond acceptors (Lipinski definition) is 4. The lowest BCUT2D eigenvalue weighted by Crippen LogP contribution is -2.37. The van der Waals surface area contributed by atoms with Crippen molar-refractivity contribution in [3.8, 4) is 22.7 Å². The van der Waals surface area contributed by atoms with Crippen molar-refractivity contribution in [2.24, 2.45) is 14.1 Å². The number of phenols is 1. The number of fused-ring (bicyclic) bond motifs is 3. The summed E-state index contributed by atoms with van der Waals surface area (Å²) in [6.07, 6.45) is 1.83. The fourth-order valence-corrected chi connectivity index (χ4v) is 3.67. The number of phenolic OH excluding ortho intramolecular Hbond substituents is 1. The summed E-state index contributed by atoms with van der Waals surface area (Å²) in [7, 11) is 3.04. The van der Waals surface area contributed by atoms with Crippen molar-refractivity contribution >= 4 is 16.9 Å². The smallest absolute Gasteiger partial charge is 0.332 e. The van der Waals surface area contributed by atoms with E-state index in [0.717, 1.165) is 15.8 Å². The van der Waals surface area contributed by atoms with E-state index in [1.807, 2.05) is 47.2 Å². The topological polar surface area (TPSA) is 86.5 Å². The molecule has 5 rings (SSSR count). The third kappa shape index (κ3) is 2.35. The molecule has 3 aromatic heterocycles. The molecule has 0 saturated heterocycles. The largest absolute Gasteiger partial charge is 0.508 e. The second-order valence-corrected chi connectivity index (χ2v) is 6.90. The van der Waals surface area contributed by atoms with Crippen molar-refractivity contribution < 1.29 is 5.11 Å². The first-order valence-corrected chi connectivity index (χ1v) is 9.01. The Morgan fingerprint density at radius 2 is 1.69 bits per heavy atom. The van der Waals surface area contributed by atoms with Crippen LogP contribution in [0.15, 0.2) is 70.4 Å². The Kier molecular flexibility index (Phi) is 3.51. The normalized spacial score (nSPS) is 11.5. The van der Waals surface area contributed by atoms with Gasteiger partial charge in [-0.05, 0) is 12.1 Å². The molecule has 0 radical (unpaired) electrons. The van der Waals surface area contributed by atoms with E-state index in [0.29, 0.717) is 22.6 Å². The number of rotatable bonds is 2. The monoisotopic (exact) mass is 387 g/mol. The Labute approximate surface area is 164 Å². The number of aryl methyl sites for hydroxylation is 1. The molecule has 0 amide bonds. The molecule has 0 fully saturated rings. The van der Waals surface area contributed by atoms with E-state index >= 15 is 0 Å². The highest BCUT2D eigenvalue weighted by Crippen LogP contribution is 2.29. The van der Waals surface area contributed by atoms with Crippen molar-refractivity contribution in [2.45, 2.75) is 0 Å². The van der Waals surface area contributed by atoms with Gasteiger partial charge in [-0.25, -0.2) is 4.79 Å². The highest BCUT2D eigenvalue weighted by molar-refractivity contribution is 5.79. The Morgan fingerprint density at radius 1 is 0.931 bits per heavy atom. The van der Waals surface area contributed by atoms with Gasteiger partial charge in [0.05, 0.1) is 11.4 Å². The zero-order valence-corrected chi connectivity index (χ0v) is 15.8. The number of aromatic hydroxyl groups is 1. The molecule has 2 aromatic carbocycles. The van der Waals surface area contributed by atoms with Gasteiger partial charge in [-0.2, -0.15) is 4.98 Å². The summed E-state index contributed by atoms with van der Waals surface area (Å²) < 4.78 is 5.99. The van der Waals surface area contributed by atoms with Crippen molar-refractivity contribution in [1.82, 2.24) is 23.1 Å². The van der Waals surface area contributed by atoms with E-state index in [4.69, 9.17) is 0 Å². The van der Waals surface area contributed by atoms with Gasteiger partial charge in [-0.3, -0.25) is 22.9 Å². The minimum absolute atomic E-state index is 0.118. The fraction of sp³-hybridized carbons (Fsp3) is 0.0952. The number of aromatic nitrogens is 5. The maximum absolute atomic E-state index is 12.9. The average molecular weight is 387 g/mol. The Bertz CT molecular complexity index is 1520. The van der Waals surface area contributed by atoms with Gasteiger partial charge in [0, 0.05) is 31.9 Å². The van der Waals surface area contributed by atoms with Gasteiger partial charge in [-0.15, -0.1) is 0 Å². The zero-order valence-electron chi connectivity index (χ0n) is 15.8. The van der Waals surface area contributed by atoms with Crippen LogP contribution in [-0.4, -0.2) is 28.2 Å². The minimum atomic E-state index is -0.435. The molecule has 5 aromatic rings. The van der Waals surface area contributed by atoms with Gasteiger partial charge in [0.25, 0.3) is 5.56 Å².